The average molecular weight is 222 g/mol. The Balaban J connectivity index is 3.02. The minimum absolute atomic E-state index is 0.227. The van der Waals surface area contributed by atoms with E-state index in [1.807, 2.05) is 0 Å². The lowest BCUT2D eigenvalue weighted by Gasteiger charge is -2.10. The smallest absolute Gasteiger partial charge is 0.335 e. The van der Waals surface area contributed by atoms with Crippen LogP contribution in [0.1, 0.15) is 41.8 Å². The summed E-state index contributed by atoms with van der Waals surface area (Å²) in [5.41, 5.74) is 1.60. The topological polar surface area (TPSA) is 57.5 Å². The molecule has 0 unspecified atom stereocenters. The van der Waals surface area contributed by atoms with Gasteiger partial charge in [0.25, 0.3) is 0 Å². The second-order valence-electron chi connectivity index (χ2n) is 4.54. The molecule has 0 aliphatic heterocycles. The van der Waals surface area contributed by atoms with Crippen molar-refractivity contribution in [3.8, 4) is 5.75 Å². The second kappa shape index (κ2) is 5.01. The van der Waals surface area contributed by atoms with Crippen LogP contribution in [-0.2, 0) is 6.42 Å². The van der Waals surface area contributed by atoms with Crippen LogP contribution in [0.3, 0.4) is 0 Å². The summed E-state index contributed by atoms with van der Waals surface area (Å²) in [7, 11) is 0. The van der Waals surface area contributed by atoms with Gasteiger partial charge in [0, 0.05) is 0 Å². The summed E-state index contributed by atoms with van der Waals surface area (Å²) in [5.74, 6) is -0.187. The molecule has 0 heterocycles. The molecular weight excluding hydrogens is 204 g/mol. The number of rotatable bonds is 4. The number of hydrogen-bond acceptors (Lipinski definition) is 2. The number of aryl methyl sites for hydroxylation is 2. The van der Waals surface area contributed by atoms with Gasteiger partial charge in [0.15, 0.2) is 0 Å². The monoisotopic (exact) mass is 222 g/mol. The van der Waals surface area contributed by atoms with Gasteiger partial charge in [-0.05, 0) is 48.9 Å². The number of hydrogen-bond donors (Lipinski definition) is 2. The van der Waals surface area contributed by atoms with Crippen molar-refractivity contribution in [1.82, 2.24) is 0 Å². The van der Waals surface area contributed by atoms with E-state index in [0.717, 1.165) is 12.0 Å². The van der Waals surface area contributed by atoms with Gasteiger partial charge < -0.3 is 10.2 Å². The Morgan fingerprint density at radius 2 is 2.00 bits per heavy atom. The fraction of sp³-hybridized carbons (Fsp3) is 0.462. The Labute approximate surface area is 95.7 Å². The van der Waals surface area contributed by atoms with Crippen LogP contribution in [0.4, 0.5) is 0 Å². The highest BCUT2D eigenvalue weighted by molar-refractivity contribution is 5.88. The van der Waals surface area contributed by atoms with E-state index in [9.17, 15) is 9.90 Å². The first-order valence-electron chi connectivity index (χ1n) is 5.47. The molecule has 2 N–H and O–H groups in total. The SMILES string of the molecule is Cc1cc(C(=O)O)cc(CCC(C)C)c1O. The van der Waals surface area contributed by atoms with Crippen LogP contribution in [0.15, 0.2) is 12.1 Å². The lowest BCUT2D eigenvalue weighted by molar-refractivity contribution is 0.0696. The predicted octanol–water partition coefficient (Wildman–Crippen LogP) is 2.99. The predicted molar refractivity (Wildman–Crippen MR) is 63.0 cm³/mol. The van der Waals surface area contributed by atoms with Crippen molar-refractivity contribution >= 4 is 5.97 Å². The van der Waals surface area contributed by atoms with E-state index < -0.39 is 5.97 Å². The molecule has 0 saturated heterocycles. The number of aromatic hydroxyl groups is 1. The number of aromatic carboxylic acids is 1. The largest absolute Gasteiger partial charge is 0.507 e. The first-order valence-corrected chi connectivity index (χ1v) is 5.47. The highest BCUT2D eigenvalue weighted by Gasteiger charge is 2.11. The minimum Gasteiger partial charge on any atom is -0.507 e. The molecule has 1 aromatic rings. The number of phenols is 1. The van der Waals surface area contributed by atoms with Crippen LogP contribution in [0.2, 0.25) is 0 Å². The third kappa shape index (κ3) is 2.99. The lowest BCUT2D eigenvalue weighted by Crippen LogP contribution is -2.01. The van der Waals surface area contributed by atoms with Crippen LogP contribution in [0.25, 0.3) is 0 Å². The summed E-state index contributed by atoms with van der Waals surface area (Å²) < 4.78 is 0. The lowest BCUT2D eigenvalue weighted by atomic mass is 9.98. The molecule has 1 rings (SSSR count). The maximum atomic E-state index is 10.9. The van der Waals surface area contributed by atoms with Gasteiger partial charge in [0.05, 0.1) is 5.56 Å². The molecule has 0 bridgehead atoms. The van der Waals surface area contributed by atoms with Crippen molar-refractivity contribution in [2.75, 3.05) is 0 Å². The van der Waals surface area contributed by atoms with Crippen LogP contribution in [0, 0.1) is 12.8 Å². The van der Waals surface area contributed by atoms with Crippen LogP contribution >= 0.6 is 0 Å². The molecule has 0 aromatic heterocycles. The Morgan fingerprint density at radius 1 is 1.38 bits per heavy atom. The van der Waals surface area contributed by atoms with E-state index in [0.29, 0.717) is 17.9 Å². The van der Waals surface area contributed by atoms with Crippen molar-refractivity contribution < 1.29 is 15.0 Å². The van der Waals surface area contributed by atoms with Crippen molar-refractivity contribution in [1.29, 1.82) is 0 Å². The van der Waals surface area contributed by atoms with Crippen molar-refractivity contribution in [3.63, 3.8) is 0 Å². The highest BCUT2D eigenvalue weighted by atomic mass is 16.4. The van der Waals surface area contributed by atoms with Gasteiger partial charge in [-0.3, -0.25) is 0 Å². The maximum absolute atomic E-state index is 10.9. The number of carboxylic acid groups (broad SMARTS) is 1. The van der Waals surface area contributed by atoms with E-state index in [4.69, 9.17) is 5.11 Å². The van der Waals surface area contributed by atoms with Gasteiger partial charge in [-0.1, -0.05) is 13.8 Å². The molecule has 1 aromatic carbocycles. The highest BCUT2D eigenvalue weighted by Crippen LogP contribution is 2.26. The van der Waals surface area contributed by atoms with Gasteiger partial charge in [0.1, 0.15) is 5.75 Å². The van der Waals surface area contributed by atoms with E-state index in [1.165, 1.54) is 6.07 Å². The normalized spacial score (nSPS) is 10.8. The van der Waals surface area contributed by atoms with E-state index in [-0.39, 0.29) is 11.3 Å². The first-order chi connectivity index (χ1) is 7.41. The molecule has 3 nitrogen and oxygen atoms in total. The van der Waals surface area contributed by atoms with E-state index in [1.54, 1.807) is 13.0 Å². The average Bonchev–Trinajstić information content (AvgIpc) is 2.19. The van der Waals surface area contributed by atoms with E-state index in [2.05, 4.69) is 13.8 Å². The molecule has 0 saturated carbocycles. The minimum atomic E-state index is -0.950. The quantitative estimate of drug-likeness (QED) is 0.823. The standard InChI is InChI=1S/C13H18O3/c1-8(2)4-5-10-7-11(13(15)16)6-9(3)12(10)14/h6-8,14H,4-5H2,1-3H3,(H,15,16). The summed E-state index contributed by atoms with van der Waals surface area (Å²) in [6.45, 7) is 5.93. The molecule has 0 radical (unpaired) electrons. The molecule has 0 atom stereocenters. The summed E-state index contributed by atoms with van der Waals surface area (Å²) in [5, 5.41) is 18.7. The second-order valence-corrected chi connectivity index (χ2v) is 4.54. The zero-order valence-corrected chi connectivity index (χ0v) is 9.95. The van der Waals surface area contributed by atoms with Crippen LogP contribution in [-0.4, -0.2) is 16.2 Å². The summed E-state index contributed by atoms with van der Waals surface area (Å²) >= 11 is 0. The Hall–Kier alpha value is -1.51. The third-order valence-corrected chi connectivity index (χ3v) is 2.62. The number of carboxylic acids is 1. The fourth-order valence-electron chi connectivity index (χ4n) is 1.61. The third-order valence-electron chi connectivity index (χ3n) is 2.62. The van der Waals surface area contributed by atoms with Crippen molar-refractivity contribution in [3.05, 3.63) is 28.8 Å². The van der Waals surface area contributed by atoms with Crippen LogP contribution < -0.4 is 0 Å². The Bertz CT molecular complexity index is 394. The molecule has 0 amide bonds. The van der Waals surface area contributed by atoms with Crippen molar-refractivity contribution in [2.45, 2.75) is 33.6 Å². The zero-order valence-electron chi connectivity index (χ0n) is 9.95. The van der Waals surface area contributed by atoms with Gasteiger partial charge in [0.2, 0.25) is 0 Å². The van der Waals surface area contributed by atoms with Gasteiger partial charge in [-0.25, -0.2) is 4.79 Å². The maximum Gasteiger partial charge on any atom is 0.335 e. The summed E-state index contributed by atoms with van der Waals surface area (Å²) in [6, 6.07) is 3.06. The van der Waals surface area contributed by atoms with Gasteiger partial charge in [-0.15, -0.1) is 0 Å². The summed E-state index contributed by atoms with van der Waals surface area (Å²) in [4.78, 5) is 10.9. The molecular formula is C13H18O3. The van der Waals surface area contributed by atoms with Gasteiger partial charge in [-0.2, -0.15) is 0 Å². The Morgan fingerprint density at radius 3 is 2.50 bits per heavy atom. The van der Waals surface area contributed by atoms with E-state index >= 15 is 0 Å². The summed E-state index contributed by atoms with van der Waals surface area (Å²) in [6.07, 6.45) is 1.65. The number of phenolic OH excluding ortho intramolecular Hbond substituents is 1. The van der Waals surface area contributed by atoms with Crippen molar-refractivity contribution in [2.24, 2.45) is 5.92 Å². The molecule has 3 heteroatoms. The zero-order chi connectivity index (χ0) is 12.3. The molecule has 0 fully saturated rings. The molecule has 0 aliphatic carbocycles. The molecule has 0 spiro atoms. The number of benzene rings is 1. The fourth-order valence-corrected chi connectivity index (χ4v) is 1.61. The Kier molecular flexibility index (Phi) is 3.93. The first kappa shape index (κ1) is 12.6. The van der Waals surface area contributed by atoms with Gasteiger partial charge >= 0.3 is 5.97 Å². The molecule has 16 heavy (non-hydrogen) atoms. The molecule has 0 aliphatic rings. The molecule has 88 valence electrons. The number of carbonyl (C=O) groups is 1. The van der Waals surface area contributed by atoms with Crippen LogP contribution in [0.5, 0.6) is 5.75 Å².